The number of aryl methyl sites for hydroxylation is 1. The summed E-state index contributed by atoms with van der Waals surface area (Å²) in [5.74, 6) is 1.42. The lowest BCUT2D eigenvalue weighted by Crippen LogP contribution is -2.11. The van der Waals surface area contributed by atoms with Crippen LogP contribution in [-0.2, 0) is 10.0 Å². The van der Waals surface area contributed by atoms with Crippen molar-refractivity contribution in [2.24, 2.45) is 0 Å². The third-order valence-electron chi connectivity index (χ3n) is 3.43. The number of aromatic nitrogens is 1. The Balaban J connectivity index is 1.66. The van der Waals surface area contributed by atoms with E-state index in [0.29, 0.717) is 18.1 Å². The first-order valence-corrected chi connectivity index (χ1v) is 10.3. The second kappa shape index (κ2) is 7.76. The minimum absolute atomic E-state index is 0.284. The SMILES string of the molecule is CCOc1ccc(Nc2ccc(NS(=O)(=O)c3ccc(C)s3)cn2)cc1. The van der Waals surface area contributed by atoms with Gasteiger partial charge in [0.15, 0.2) is 0 Å². The minimum Gasteiger partial charge on any atom is -0.494 e. The van der Waals surface area contributed by atoms with Crippen LogP contribution in [0.15, 0.2) is 58.9 Å². The molecule has 3 aromatic rings. The lowest BCUT2D eigenvalue weighted by atomic mass is 10.3. The summed E-state index contributed by atoms with van der Waals surface area (Å²) in [6.07, 6.45) is 1.48. The molecule has 3 rings (SSSR count). The smallest absolute Gasteiger partial charge is 0.271 e. The van der Waals surface area contributed by atoms with Crippen molar-refractivity contribution < 1.29 is 13.2 Å². The topological polar surface area (TPSA) is 80.3 Å². The van der Waals surface area contributed by atoms with Crippen LogP contribution in [0.3, 0.4) is 0 Å². The summed E-state index contributed by atoms with van der Waals surface area (Å²) in [4.78, 5) is 5.19. The summed E-state index contributed by atoms with van der Waals surface area (Å²) in [6, 6.07) is 14.3. The van der Waals surface area contributed by atoms with Crippen molar-refractivity contribution in [1.29, 1.82) is 0 Å². The maximum atomic E-state index is 12.3. The van der Waals surface area contributed by atoms with Crippen molar-refractivity contribution in [3.63, 3.8) is 0 Å². The van der Waals surface area contributed by atoms with Crippen LogP contribution < -0.4 is 14.8 Å². The lowest BCUT2D eigenvalue weighted by Gasteiger charge is -2.09. The van der Waals surface area contributed by atoms with Crippen molar-refractivity contribution in [3.8, 4) is 5.75 Å². The highest BCUT2D eigenvalue weighted by Crippen LogP contribution is 2.24. The molecule has 2 heterocycles. The maximum absolute atomic E-state index is 12.3. The Kier molecular flexibility index (Phi) is 5.43. The number of anilines is 3. The quantitative estimate of drug-likeness (QED) is 0.626. The molecule has 0 amide bonds. The van der Waals surface area contributed by atoms with Gasteiger partial charge in [-0.1, -0.05) is 0 Å². The lowest BCUT2D eigenvalue weighted by molar-refractivity contribution is 0.340. The number of nitrogens with one attached hydrogen (secondary N) is 2. The van der Waals surface area contributed by atoms with E-state index < -0.39 is 10.0 Å². The number of thiophene rings is 1. The summed E-state index contributed by atoms with van der Waals surface area (Å²) >= 11 is 1.23. The number of ether oxygens (including phenoxy) is 1. The number of sulfonamides is 1. The van der Waals surface area contributed by atoms with E-state index in [9.17, 15) is 8.42 Å². The highest BCUT2D eigenvalue weighted by molar-refractivity contribution is 7.94. The molecule has 0 aliphatic heterocycles. The fourth-order valence-electron chi connectivity index (χ4n) is 2.24. The van der Waals surface area contributed by atoms with Crippen molar-refractivity contribution >= 4 is 38.6 Å². The fourth-order valence-corrected chi connectivity index (χ4v) is 4.57. The van der Waals surface area contributed by atoms with Crippen LogP contribution in [0.2, 0.25) is 0 Å². The van der Waals surface area contributed by atoms with E-state index in [4.69, 9.17) is 4.74 Å². The van der Waals surface area contributed by atoms with Crippen molar-refractivity contribution in [3.05, 3.63) is 59.6 Å². The summed E-state index contributed by atoms with van der Waals surface area (Å²) in [6.45, 7) is 4.43. The predicted molar refractivity (Wildman–Crippen MR) is 105 cm³/mol. The van der Waals surface area contributed by atoms with E-state index in [1.54, 1.807) is 24.3 Å². The van der Waals surface area contributed by atoms with Gasteiger partial charge in [-0.15, -0.1) is 11.3 Å². The molecular weight excluding hydrogens is 370 g/mol. The van der Waals surface area contributed by atoms with Gasteiger partial charge in [-0.2, -0.15) is 0 Å². The molecule has 2 N–H and O–H groups in total. The highest BCUT2D eigenvalue weighted by Gasteiger charge is 2.16. The molecule has 136 valence electrons. The van der Waals surface area contributed by atoms with E-state index in [0.717, 1.165) is 16.3 Å². The van der Waals surface area contributed by atoms with Crippen LogP contribution in [0.4, 0.5) is 17.2 Å². The summed E-state index contributed by atoms with van der Waals surface area (Å²) in [5, 5.41) is 3.16. The van der Waals surface area contributed by atoms with E-state index in [2.05, 4.69) is 15.0 Å². The standard InChI is InChI=1S/C18H19N3O3S2/c1-3-24-16-8-5-14(6-9-16)20-17-10-7-15(12-19-17)21-26(22,23)18-11-4-13(2)25-18/h4-12,21H,3H2,1-2H3,(H,19,20). The molecule has 0 unspecified atom stereocenters. The van der Waals surface area contributed by atoms with Gasteiger partial charge in [0.2, 0.25) is 0 Å². The third kappa shape index (κ3) is 4.53. The van der Waals surface area contributed by atoms with Crippen LogP contribution >= 0.6 is 11.3 Å². The second-order valence-electron chi connectivity index (χ2n) is 5.49. The molecule has 26 heavy (non-hydrogen) atoms. The largest absolute Gasteiger partial charge is 0.494 e. The average molecular weight is 390 g/mol. The van der Waals surface area contributed by atoms with E-state index in [1.165, 1.54) is 17.5 Å². The molecule has 0 spiro atoms. The molecule has 0 aliphatic rings. The minimum atomic E-state index is -3.58. The first-order chi connectivity index (χ1) is 12.5. The molecule has 0 aliphatic carbocycles. The van der Waals surface area contributed by atoms with E-state index in [1.807, 2.05) is 38.1 Å². The van der Waals surface area contributed by atoms with E-state index >= 15 is 0 Å². The van der Waals surface area contributed by atoms with Crippen LogP contribution in [0.25, 0.3) is 0 Å². The molecule has 0 radical (unpaired) electrons. The molecule has 0 saturated heterocycles. The van der Waals surface area contributed by atoms with Gasteiger partial charge in [0, 0.05) is 10.6 Å². The molecule has 0 bridgehead atoms. The molecule has 2 aromatic heterocycles. The Labute approximate surface area is 156 Å². The van der Waals surface area contributed by atoms with Crippen LogP contribution in [0.5, 0.6) is 5.75 Å². The van der Waals surface area contributed by atoms with Crippen LogP contribution in [-0.4, -0.2) is 20.0 Å². The van der Waals surface area contributed by atoms with E-state index in [-0.39, 0.29) is 4.21 Å². The van der Waals surface area contributed by atoms with Crippen LogP contribution in [0.1, 0.15) is 11.8 Å². The van der Waals surface area contributed by atoms with Gasteiger partial charge in [-0.3, -0.25) is 4.72 Å². The Morgan fingerprint density at radius 2 is 1.77 bits per heavy atom. The average Bonchev–Trinajstić information content (AvgIpc) is 3.06. The van der Waals surface area contributed by atoms with Gasteiger partial charge in [0.25, 0.3) is 10.0 Å². The molecule has 0 saturated carbocycles. The first-order valence-electron chi connectivity index (χ1n) is 8.01. The zero-order chi connectivity index (χ0) is 18.6. The Morgan fingerprint density at radius 3 is 2.35 bits per heavy atom. The van der Waals surface area contributed by atoms with Crippen molar-refractivity contribution in [2.45, 2.75) is 18.1 Å². The molecule has 0 fully saturated rings. The summed E-state index contributed by atoms with van der Waals surface area (Å²) < 4.78 is 32.9. The van der Waals surface area contributed by atoms with Gasteiger partial charge in [-0.05, 0) is 62.4 Å². The van der Waals surface area contributed by atoms with Gasteiger partial charge < -0.3 is 10.1 Å². The second-order valence-corrected chi connectivity index (χ2v) is 8.68. The number of rotatable bonds is 7. The highest BCUT2D eigenvalue weighted by atomic mass is 32.2. The van der Waals surface area contributed by atoms with Gasteiger partial charge in [-0.25, -0.2) is 13.4 Å². The summed E-state index contributed by atoms with van der Waals surface area (Å²) in [5.41, 5.74) is 1.27. The van der Waals surface area contributed by atoms with Crippen molar-refractivity contribution in [2.75, 3.05) is 16.6 Å². The fraction of sp³-hybridized carbons (Fsp3) is 0.167. The number of nitrogens with zero attached hydrogens (tertiary/aromatic N) is 1. The molecule has 8 heteroatoms. The Bertz CT molecular complexity index is 966. The molecule has 6 nitrogen and oxygen atoms in total. The summed E-state index contributed by atoms with van der Waals surface area (Å²) in [7, 11) is -3.58. The molecule has 0 atom stereocenters. The normalized spacial score (nSPS) is 11.2. The van der Waals surface area contributed by atoms with Gasteiger partial charge in [0.05, 0.1) is 18.5 Å². The molecular formula is C18H19N3O3S2. The first kappa shape index (κ1) is 18.2. The molecule has 1 aromatic carbocycles. The van der Waals surface area contributed by atoms with Crippen LogP contribution in [0, 0.1) is 6.92 Å². The predicted octanol–water partition coefficient (Wildman–Crippen LogP) is 4.39. The third-order valence-corrected chi connectivity index (χ3v) is 6.31. The zero-order valence-electron chi connectivity index (χ0n) is 14.4. The number of benzene rings is 1. The monoisotopic (exact) mass is 389 g/mol. The Morgan fingerprint density at radius 1 is 1.04 bits per heavy atom. The maximum Gasteiger partial charge on any atom is 0.271 e. The van der Waals surface area contributed by atoms with Gasteiger partial charge in [0.1, 0.15) is 15.8 Å². The zero-order valence-corrected chi connectivity index (χ0v) is 16.0. The van der Waals surface area contributed by atoms with Crippen molar-refractivity contribution in [1.82, 2.24) is 4.98 Å². The number of hydrogen-bond donors (Lipinski definition) is 2. The Hall–Kier alpha value is -2.58. The van der Waals surface area contributed by atoms with Gasteiger partial charge >= 0.3 is 0 Å². The number of pyridine rings is 1. The number of hydrogen-bond acceptors (Lipinski definition) is 6.